The SMILES string of the molecule is CCn1ncc(C=NNC(=O)c2ccc(Cn3cc([N+](=O)[O-])cn3)o2)c1F. The van der Waals surface area contributed by atoms with Crippen LogP contribution in [0.4, 0.5) is 10.1 Å². The van der Waals surface area contributed by atoms with E-state index in [0.29, 0.717) is 12.3 Å². The van der Waals surface area contributed by atoms with E-state index in [2.05, 4.69) is 20.7 Å². The fraction of sp³-hybridized carbons (Fsp3) is 0.200. The first kappa shape index (κ1) is 18.0. The molecule has 3 aromatic heterocycles. The molecule has 0 radical (unpaired) electrons. The lowest BCUT2D eigenvalue weighted by Crippen LogP contribution is -2.17. The fourth-order valence-corrected chi connectivity index (χ4v) is 2.19. The predicted molar refractivity (Wildman–Crippen MR) is 89.6 cm³/mol. The van der Waals surface area contributed by atoms with Crippen molar-refractivity contribution in [2.45, 2.75) is 20.0 Å². The summed E-state index contributed by atoms with van der Waals surface area (Å²) >= 11 is 0. The monoisotopic (exact) mass is 375 g/mol. The number of amides is 1. The van der Waals surface area contributed by atoms with Crippen LogP contribution in [-0.2, 0) is 13.1 Å². The van der Waals surface area contributed by atoms with Crippen LogP contribution in [0.5, 0.6) is 0 Å². The van der Waals surface area contributed by atoms with Crippen molar-refractivity contribution >= 4 is 17.8 Å². The van der Waals surface area contributed by atoms with Crippen LogP contribution in [0, 0.1) is 16.1 Å². The van der Waals surface area contributed by atoms with Gasteiger partial charge in [0.05, 0.1) is 29.4 Å². The molecule has 27 heavy (non-hydrogen) atoms. The first-order valence-electron chi connectivity index (χ1n) is 7.78. The number of nitrogens with one attached hydrogen (secondary N) is 1. The van der Waals surface area contributed by atoms with Crippen LogP contribution in [0.1, 0.15) is 28.8 Å². The molecular formula is C15H14FN7O4. The Kier molecular flexibility index (Phi) is 5.06. The van der Waals surface area contributed by atoms with E-state index in [1.54, 1.807) is 6.92 Å². The number of nitrogens with zero attached hydrogens (tertiary/aromatic N) is 6. The van der Waals surface area contributed by atoms with E-state index in [4.69, 9.17) is 4.42 Å². The van der Waals surface area contributed by atoms with Crippen LogP contribution >= 0.6 is 0 Å². The van der Waals surface area contributed by atoms with Crippen molar-refractivity contribution in [3.63, 3.8) is 0 Å². The van der Waals surface area contributed by atoms with Gasteiger partial charge in [-0.2, -0.15) is 19.7 Å². The van der Waals surface area contributed by atoms with Gasteiger partial charge in [-0.15, -0.1) is 0 Å². The van der Waals surface area contributed by atoms with E-state index in [0.717, 1.165) is 17.1 Å². The quantitative estimate of drug-likeness (QED) is 0.378. The van der Waals surface area contributed by atoms with E-state index in [1.807, 2.05) is 0 Å². The van der Waals surface area contributed by atoms with E-state index >= 15 is 0 Å². The molecule has 0 saturated carbocycles. The number of carbonyl (C=O) groups excluding carboxylic acids is 1. The molecule has 0 aliphatic heterocycles. The zero-order chi connectivity index (χ0) is 19.4. The standard InChI is InChI=1S/C15H14FN7O4/c1-2-22-14(16)10(6-19-22)5-17-20-15(24)13-4-3-12(27-13)9-21-8-11(7-18-21)23(25)26/h3-8H,2,9H2,1H3,(H,20,24). The first-order valence-corrected chi connectivity index (χ1v) is 7.78. The van der Waals surface area contributed by atoms with E-state index in [9.17, 15) is 19.3 Å². The minimum atomic E-state index is -0.632. The Bertz CT molecular complexity index is 1000. The van der Waals surface area contributed by atoms with E-state index in [1.165, 1.54) is 29.2 Å². The van der Waals surface area contributed by atoms with Crippen LogP contribution in [0.3, 0.4) is 0 Å². The first-order chi connectivity index (χ1) is 13.0. The molecule has 1 N–H and O–H groups in total. The summed E-state index contributed by atoms with van der Waals surface area (Å²) < 4.78 is 21.6. The Hall–Kier alpha value is -3.83. The van der Waals surface area contributed by atoms with Gasteiger partial charge in [0, 0.05) is 6.54 Å². The van der Waals surface area contributed by atoms with Gasteiger partial charge in [0.15, 0.2) is 5.76 Å². The van der Waals surface area contributed by atoms with Gasteiger partial charge in [0.25, 0.3) is 0 Å². The minimum Gasteiger partial charge on any atom is -0.454 e. The number of furan rings is 1. The molecule has 140 valence electrons. The maximum absolute atomic E-state index is 13.8. The van der Waals surface area contributed by atoms with Crippen LogP contribution < -0.4 is 5.43 Å². The summed E-state index contributed by atoms with van der Waals surface area (Å²) in [6.45, 7) is 2.24. The summed E-state index contributed by atoms with van der Waals surface area (Å²) in [5.74, 6) is -0.831. The third-order valence-corrected chi connectivity index (χ3v) is 3.50. The number of carbonyl (C=O) groups is 1. The molecule has 3 rings (SSSR count). The van der Waals surface area contributed by atoms with Crippen molar-refractivity contribution in [2.24, 2.45) is 5.10 Å². The molecule has 3 aromatic rings. The van der Waals surface area contributed by atoms with Gasteiger partial charge in [0.2, 0.25) is 5.95 Å². The van der Waals surface area contributed by atoms with Crippen LogP contribution in [0.2, 0.25) is 0 Å². The fourth-order valence-electron chi connectivity index (χ4n) is 2.19. The Labute approximate surface area is 151 Å². The van der Waals surface area contributed by atoms with Crippen molar-refractivity contribution in [3.05, 3.63) is 63.9 Å². The van der Waals surface area contributed by atoms with Crippen molar-refractivity contribution in [1.82, 2.24) is 25.0 Å². The average molecular weight is 375 g/mol. The second-order valence-corrected chi connectivity index (χ2v) is 5.32. The summed E-state index contributed by atoms with van der Waals surface area (Å²) in [6.07, 6.45) is 4.80. The van der Waals surface area contributed by atoms with Gasteiger partial charge < -0.3 is 4.42 Å². The Morgan fingerprint density at radius 1 is 1.44 bits per heavy atom. The van der Waals surface area contributed by atoms with Crippen molar-refractivity contribution in [3.8, 4) is 0 Å². The molecule has 0 aliphatic carbocycles. The summed E-state index contributed by atoms with van der Waals surface area (Å²) in [4.78, 5) is 22.1. The topological polar surface area (TPSA) is 133 Å². The summed E-state index contributed by atoms with van der Waals surface area (Å²) in [5, 5.41) is 22.0. The molecule has 0 bridgehead atoms. The highest BCUT2D eigenvalue weighted by molar-refractivity contribution is 5.92. The smallest absolute Gasteiger partial charge is 0.307 e. The predicted octanol–water partition coefficient (Wildman–Crippen LogP) is 1.55. The second kappa shape index (κ2) is 7.59. The molecule has 0 unspecified atom stereocenters. The van der Waals surface area contributed by atoms with Gasteiger partial charge >= 0.3 is 11.6 Å². The Morgan fingerprint density at radius 3 is 2.93 bits per heavy atom. The summed E-state index contributed by atoms with van der Waals surface area (Å²) in [5.41, 5.74) is 2.21. The van der Waals surface area contributed by atoms with Crippen molar-refractivity contribution in [1.29, 1.82) is 0 Å². The largest absolute Gasteiger partial charge is 0.454 e. The highest BCUT2D eigenvalue weighted by Crippen LogP contribution is 2.13. The summed E-state index contributed by atoms with van der Waals surface area (Å²) in [6, 6.07) is 2.96. The number of hydrogen-bond donors (Lipinski definition) is 1. The normalized spacial score (nSPS) is 11.2. The Balaban J connectivity index is 1.60. The lowest BCUT2D eigenvalue weighted by Gasteiger charge is -1.98. The van der Waals surface area contributed by atoms with Crippen LogP contribution in [-0.4, -0.2) is 36.6 Å². The van der Waals surface area contributed by atoms with Crippen molar-refractivity contribution in [2.75, 3.05) is 0 Å². The van der Waals surface area contributed by atoms with Gasteiger partial charge in [-0.05, 0) is 19.1 Å². The highest BCUT2D eigenvalue weighted by Gasteiger charge is 2.13. The molecule has 0 fully saturated rings. The van der Waals surface area contributed by atoms with Crippen molar-refractivity contribution < 1.29 is 18.5 Å². The van der Waals surface area contributed by atoms with Gasteiger partial charge in [-0.3, -0.25) is 19.6 Å². The Morgan fingerprint density at radius 2 is 2.26 bits per heavy atom. The lowest BCUT2D eigenvalue weighted by molar-refractivity contribution is -0.385. The highest BCUT2D eigenvalue weighted by atomic mass is 19.1. The average Bonchev–Trinajstić information content (AvgIpc) is 3.36. The molecular weight excluding hydrogens is 361 g/mol. The van der Waals surface area contributed by atoms with Gasteiger partial charge in [-0.1, -0.05) is 0 Å². The number of aryl methyl sites for hydroxylation is 1. The molecule has 0 saturated heterocycles. The number of hydrazone groups is 1. The molecule has 3 heterocycles. The van der Waals surface area contributed by atoms with E-state index < -0.39 is 16.8 Å². The van der Waals surface area contributed by atoms with Gasteiger partial charge in [-0.25, -0.2) is 10.1 Å². The van der Waals surface area contributed by atoms with Gasteiger partial charge in [0.1, 0.15) is 18.2 Å². The molecule has 0 aliphatic rings. The maximum Gasteiger partial charge on any atom is 0.307 e. The zero-order valence-electron chi connectivity index (χ0n) is 14.1. The third-order valence-electron chi connectivity index (χ3n) is 3.50. The number of hydrogen-bond acceptors (Lipinski definition) is 7. The molecule has 1 amide bonds. The molecule has 0 spiro atoms. The number of rotatable bonds is 7. The van der Waals surface area contributed by atoms with E-state index in [-0.39, 0.29) is 23.6 Å². The summed E-state index contributed by atoms with van der Waals surface area (Å²) in [7, 11) is 0. The number of halogens is 1. The molecule has 12 heteroatoms. The number of aromatic nitrogens is 4. The van der Waals surface area contributed by atoms with Crippen LogP contribution in [0.25, 0.3) is 0 Å². The van der Waals surface area contributed by atoms with Crippen LogP contribution in [0.15, 0.2) is 40.2 Å². The lowest BCUT2D eigenvalue weighted by atomic mass is 10.4. The maximum atomic E-state index is 13.8. The number of nitro groups is 1. The molecule has 0 aromatic carbocycles. The third kappa shape index (κ3) is 4.05. The zero-order valence-corrected chi connectivity index (χ0v) is 14.1. The second-order valence-electron chi connectivity index (χ2n) is 5.32. The molecule has 11 nitrogen and oxygen atoms in total. The minimum absolute atomic E-state index is 0.0199. The molecule has 0 atom stereocenters.